The first-order chi connectivity index (χ1) is 10.6. The van der Waals surface area contributed by atoms with Crippen molar-refractivity contribution in [1.29, 1.82) is 0 Å². The zero-order chi connectivity index (χ0) is 17.3. The van der Waals surface area contributed by atoms with E-state index in [4.69, 9.17) is 0 Å². The monoisotopic (exact) mass is 349 g/mol. The quantitative estimate of drug-likeness (QED) is 0.850. The van der Waals surface area contributed by atoms with Crippen molar-refractivity contribution in [2.45, 2.75) is 23.7 Å². The van der Waals surface area contributed by atoms with Gasteiger partial charge < -0.3 is 5.32 Å². The lowest BCUT2D eigenvalue weighted by molar-refractivity contribution is -0.122. The Labute approximate surface area is 130 Å². The van der Waals surface area contributed by atoms with Crippen LogP contribution in [-0.4, -0.2) is 32.1 Å². The van der Waals surface area contributed by atoms with Crippen LogP contribution >= 0.6 is 0 Å². The van der Waals surface area contributed by atoms with Crippen LogP contribution in [0.25, 0.3) is 0 Å². The summed E-state index contributed by atoms with van der Waals surface area (Å²) in [6, 6.07) is 4.77. The van der Waals surface area contributed by atoms with E-state index in [1.807, 2.05) is 0 Å². The first-order valence-corrected chi connectivity index (χ1v) is 8.11. The Kier molecular flexibility index (Phi) is 4.64. The Morgan fingerprint density at radius 3 is 2.52 bits per heavy atom. The Hall–Kier alpha value is -2.10. The summed E-state index contributed by atoms with van der Waals surface area (Å²) in [5.41, 5.74) is -2.65. The average Bonchev–Trinajstić information content (AvgIpc) is 2.78. The second kappa shape index (κ2) is 6.19. The molecule has 1 aromatic rings. The summed E-state index contributed by atoms with van der Waals surface area (Å²) in [5, 5.41) is 6.40. The van der Waals surface area contributed by atoms with Gasteiger partial charge in [-0.25, -0.2) is 13.8 Å². The highest BCUT2D eigenvalue weighted by Gasteiger charge is 2.47. The molecule has 0 radical (unpaired) electrons. The van der Waals surface area contributed by atoms with Gasteiger partial charge >= 0.3 is 5.51 Å². The third-order valence-corrected chi connectivity index (χ3v) is 4.94. The van der Waals surface area contributed by atoms with Crippen molar-refractivity contribution in [3.63, 3.8) is 0 Å². The summed E-state index contributed by atoms with van der Waals surface area (Å²) in [7, 11) is -5.44. The van der Waals surface area contributed by atoms with Crippen LogP contribution in [0.3, 0.4) is 0 Å². The number of anilines is 1. The lowest BCUT2D eigenvalue weighted by Gasteiger charge is -2.15. The van der Waals surface area contributed by atoms with Crippen LogP contribution in [0.5, 0.6) is 0 Å². The Morgan fingerprint density at radius 1 is 1.30 bits per heavy atom. The molecule has 0 unspecified atom stereocenters. The largest absolute Gasteiger partial charge is 0.501 e. The molecule has 0 fully saturated rings. The number of hydrogen-bond donors (Lipinski definition) is 2. The fourth-order valence-electron chi connectivity index (χ4n) is 2.15. The first-order valence-electron chi connectivity index (χ1n) is 6.63. The number of rotatable bonds is 5. The molecule has 0 aromatic heterocycles. The van der Waals surface area contributed by atoms with E-state index < -0.39 is 26.2 Å². The summed E-state index contributed by atoms with van der Waals surface area (Å²) >= 11 is 0. The summed E-state index contributed by atoms with van der Waals surface area (Å²) in [4.78, 5) is 10.6. The van der Waals surface area contributed by atoms with Gasteiger partial charge in [-0.3, -0.25) is 4.79 Å². The van der Waals surface area contributed by atoms with Crippen molar-refractivity contribution in [2.24, 2.45) is 11.0 Å². The molecule has 1 atom stereocenters. The summed E-state index contributed by atoms with van der Waals surface area (Å²) < 4.78 is 61.2. The van der Waals surface area contributed by atoms with Crippen molar-refractivity contribution in [1.82, 2.24) is 5.43 Å². The molecule has 0 saturated carbocycles. The number of nitrogens with one attached hydrogen (secondary N) is 2. The van der Waals surface area contributed by atoms with Crippen molar-refractivity contribution in [3.05, 3.63) is 24.3 Å². The van der Waals surface area contributed by atoms with Gasteiger partial charge in [-0.1, -0.05) is 12.1 Å². The second-order valence-electron chi connectivity index (χ2n) is 4.94. The van der Waals surface area contributed by atoms with Gasteiger partial charge in [0.05, 0.1) is 16.5 Å². The maximum atomic E-state index is 12.7. The molecule has 6 nitrogen and oxygen atoms in total. The third-order valence-electron chi connectivity index (χ3n) is 3.39. The standard InChI is InChI=1S/C13H14F3N3O3S/c1-8-9(12(20)19-18-8)6-7-17-10-4-2-3-5-11(10)23(21,22)13(14,15)16/h2-5,9,17H,6-7H2,1H3,(H,19,20)/t9-/m1/s1. The number of carbonyl (C=O) groups excluding carboxylic acids is 1. The van der Waals surface area contributed by atoms with Crippen molar-refractivity contribution in [3.8, 4) is 0 Å². The predicted octanol–water partition coefficient (Wildman–Crippen LogP) is 1.90. The van der Waals surface area contributed by atoms with E-state index in [0.717, 1.165) is 6.07 Å². The van der Waals surface area contributed by atoms with Gasteiger partial charge in [-0.2, -0.15) is 18.3 Å². The highest BCUT2D eigenvalue weighted by molar-refractivity contribution is 7.92. The van der Waals surface area contributed by atoms with Crippen LogP contribution in [-0.2, 0) is 14.6 Å². The van der Waals surface area contributed by atoms with E-state index in [2.05, 4.69) is 15.8 Å². The van der Waals surface area contributed by atoms with E-state index in [0.29, 0.717) is 5.71 Å². The number of para-hydroxylation sites is 1. The second-order valence-corrected chi connectivity index (χ2v) is 6.85. The molecular weight excluding hydrogens is 335 g/mol. The SMILES string of the molecule is CC1=NNC(=O)[C@@H]1CCNc1ccccc1S(=O)(=O)C(F)(F)F. The van der Waals surface area contributed by atoms with Crippen LogP contribution in [0.15, 0.2) is 34.3 Å². The van der Waals surface area contributed by atoms with Crippen LogP contribution < -0.4 is 10.7 Å². The van der Waals surface area contributed by atoms with Crippen LogP contribution in [0.1, 0.15) is 13.3 Å². The number of nitrogens with zero attached hydrogens (tertiary/aromatic N) is 1. The van der Waals surface area contributed by atoms with Gasteiger partial charge in [-0.15, -0.1) is 0 Å². The topological polar surface area (TPSA) is 87.6 Å². The molecule has 10 heteroatoms. The molecular formula is C13H14F3N3O3S. The molecule has 23 heavy (non-hydrogen) atoms. The van der Waals surface area contributed by atoms with Crippen molar-refractivity contribution in [2.75, 3.05) is 11.9 Å². The Balaban J connectivity index is 2.13. The van der Waals surface area contributed by atoms with Crippen LogP contribution in [0, 0.1) is 5.92 Å². The van der Waals surface area contributed by atoms with Crippen LogP contribution in [0.2, 0.25) is 0 Å². The summed E-state index contributed by atoms with van der Waals surface area (Å²) in [5.74, 6) is -0.769. The Morgan fingerprint density at radius 2 is 1.96 bits per heavy atom. The molecule has 2 N–H and O–H groups in total. The predicted molar refractivity (Wildman–Crippen MR) is 77.5 cm³/mol. The van der Waals surface area contributed by atoms with Gasteiger partial charge in [-0.05, 0) is 25.5 Å². The van der Waals surface area contributed by atoms with E-state index in [9.17, 15) is 26.4 Å². The number of amides is 1. The molecule has 1 aliphatic rings. The lowest BCUT2D eigenvalue weighted by Crippen LogP contribution is -2.26. The highest BCUT2D eigenvalue weighted by Crippen LogP contribution is 2.34. The van der Waals surface area contributed by atoms with Gasteiger partial charge in [0, 0.05) is 12.3 Å². The van der Waals surface area contributed by atoms with Crippen LogP contribution in [0.4, 0.5) is 18.9 Å². The smallest absolute Gasteiger partial charge is 0.384 e. The zero-order valence-electron chi connectivity index (χ0n) is 12.0. The minimum Gasteiger partial charge on any atom is -0.384 e. The number of hydrazone groups is 1. The number of carbonyl (C=O) groups is 1. The Bertz CT molecular complexity index is 744. The molecule has 126 valence electrons. The maximum Gasteiger partial charge on any atom is 0.501 e. The molecule has 2 rings (SSSR count). The molecule has 0 spiro atoms. The van der Waals surface area contributed by atoms with Gasteiger partial charge in [0.2, 0.25) is 5.91 Å². The molecule has 0 bridgehead atoms. The first kappa shape index (κ1) is 17.3. The molecule has 1 aromatic carbocycles. The fourth-order valence-corrected chi connectivity index (χ4v) is 3.09. The van der Waals surface area contributed by atoms with E-state index in [1.54, 1.807) is 6.92 Å². The third kappa shape index (κ3) is 3.46. The minimum atomic E-state index is -5.44. The normalized spacial score (nSPS) is 18.5. The zero-order valence-corrected chi connectivity index (χ0v) is 12.8. The van der Waals surface area contributed by atoms with E-state index in [-0.39, 0.29) is 24.6 Å². The van der Waals surface area contributed by atoms with E-state index in [1.165, 1.54) is 18.2 Å². The van der Waals surface area contributed by atoms with Gasteiger partial charge in [0.25, 0.3) is 9.84 Å². The fraction of sp³-hybridized carbons (Fsp3) is 0.385. The highest BCUT2D eigenvalue weighted by atomic mass is 32.2. The molecule has 1 aliphatic heterocycles. The van der Waals surface area contributed by atoms with E-state index >= 15 is 0 Å². The van der Waals surface area contributed by atoms with Crippen molar-refractivity contribution < 1.29 is 26.4 Å². The van der Waals surface area contributed by atoms with Gasteiger partial charge in [0.1, 0.15) is 0 Å². The summed E-state index contributed by atoms with van der Waals surface area (Å²) in [6.07, 6.45) is 0.279. The maximum absolute atomic E-state index is 12.7. The van der Waals surface area contributed by atoms with Crippen molar-refractivity contribution >= 4 is 27.1 Å². The molecule has 1 heterocycles. The number of halogens is 3. The summed E-state index contributed by atoms with van der Waals surface area (Å²) in [6.45, 7) is 1.78. The minimum absolute atomic E-state index is 0.120. The number of hydrogen-bond acceptors (Lipinski definition) is 5. The average molecular weight is 349 g/mol. The lowest BCUT2D eigenvalue weighted by atomic mass is 10.0. The molecule has 0 saturated heterocycles. The molecule has 0 aliphatic carbocycles. The van der Waals surface area contributed by atoms with Gasteiger partial charge in [0.15, 0.2) is 0 Å². The number of alkyl halides is 3. The molecule has 1 amide bonds. The number of sulfone groups is 1. The number of benzene rings is 1.